The standard InChI is InChI=1S/C7H18NP/c1-3-4-5-7(9)6-8-2/h7-8H,3-6,9H2,1-2H3. The van der Waals surface area contributed by atoms with E-state index in [1.165, 1.54) is 19.3 Å². The van der Waals surface area contributed by atoms with E-state index in [1.54, 1.807) is 0 Å². The van der Waals surface area contributed by atoms with E-state index in [0.29, 0.717) is 0 Å². The first-order valence-corrected chi connectivity index (χ1v) is 4.38. The molecule has 0 aromatic heterocycles. The summed E-state index contributed by atoms with van der Waals surface area (Å²) in [6, 6.07) is 0. The lowest BCUT2D eigenvalue weighted by molar-refractivity contribution is 0.648. The number of hydrogen-bond acceptors (Lipinski definition) is 1. The van der Waals surface area contributed by atoms with Crippen molar-refractivity contribution in [3.63, 3.8) is 0 Å². The fourth-order valence-electron chi connectivity index (χ4n) is 0.831. The molecule has 0 spiro atoms. The highest BCUT2D eigenvalue weighted by atomic mass is 31.0. The van der Waals surface area contributed by atoms with Gasteiger partial charge in [-0.25, -0.2) is 0 Å². The average molecular weight is 147 g/mol. The predicted octanol–water partition coefficient (Wildman–Crippen LogP) is 1.64. The number of hydrogen-bond donors (Lipinski definition) is 1. The molecule has 0 saturated carbocycles. The fraction of sp³-hybridized carbons (Fsp3) is 1.00. The Morgan fingerprint density at radius 1 is 1.56 bits per heavy atom. The zero-order valence-corrected chi connectivity index (χ0v) is 7.64. The summed E-state index contributed by atoms with van der Waals surface area (Å²) >= 11 is 0. The van der Waals surface area contributed by atoms with Crippen LogP contribution in [0, 0.1) is 0 Å². The van der Waals surface area contributed by atoms with Gasteiger partial charge in [0, 0.05) is 6.54 Å². The molecule has 0 rings (SSSR count). The molecule has 0 fully saturated rings. The Labute approximate surface area is 60.8 Å². The van der Waals surface area contributed by atoms with Crippen LogP contribution in [0.1, 0.15) is 26.2 Å². The van der Waals surface area contributed by atoms with E-state index < -0.39 is 0 Å². The summed E-state index contributed by atoms with van der Waals surface area (Å²) in [4.78, 5) is 0. The molecule has 2 unspecified atom stereocenters. The lowest BCUT2D eigenvalue weighted by Crippen LogP contribution is -2.18. The first kappa shape index (κ1) is 9.39. The van der Waals surface area contributed by atoms with Crippen LogP contribution in [-0.4, -0.2) is 19.3 Å². The summed E-state index contributed by atoms with van der Waals surface area (Å²) in [5, 5.41) is 3.16. The van der Waals surface area contributed by atoms with Crippen LogP contribution in [0.15, 0.2) is 0 Å². The van der Waals surface area contributed by atoms with Gasteiger partial charge in [0.2, 0.25) is 0 Å². The van der Waals surface area contributed by atoms with E-state index in [4.69, 9.17) is 0 Å². The molecule has 0 aliphatic heterocycles. The average Bonchev–Trinajstić information content (AvgIpc) is 1.85. The third kappa shape index (κ3) is 6.27. The van der Waals surface area contributed by atoms with Gasteiger partial charge in [0.25, 0.3) is 0 Å². The van der Waals surface area contributed by atoms with Crippen molar-refractivity contribution in [2.24, 2.45) is 0 Å². The highest BCUT2D eigenvalue weighted by molar-refractivity contribution is 7.17. The number of rotatable bonds is 5. The zero-order valence-electron chi connectivity index (χ0n) is 6.48. The molecule has 0 heterocycles. The van der Waals surface area contributed by atoms with E-state index in [-0.39, 0.29) is 0 Å². The molecule has 2 heteroatoms. The van der Waals surface area contributed by atoms with Crippen LogP contribution in [0.4, 0.5) is 0 Å². The van der Waals surface area contributed by atoms with E-state index in [9.17, 15) is 0 Å². The van der Waals surface area contributed by atoms with E-state index >= 15 is 0 Å². The molecule has 0 bridgehead atoms. The van der Waals surface area contributed by atoms with Gasteiger partial charge in [-0.15, -0.1) is 9.24 Å². The van der Waals surface area contributed by atoms with E-state index in [0.717, 1.165) is 12.2 Å². The van der Waals surface area contributed by atoms with E-state index in [2.05, 4.69) is 21.5 Å². The van der Waals surface area contributed by atoms with Crippen LogP contribution >= 0.6 is 9.24 Å². The first-order valence-electron chi connectivity index (χ1n) is 3.71. The molecule has 0 aromatic carbocycles. The number of unbranched alkanes of at least 4 members (excludes halogenated alkanes) is 1. The van der Waals surface area contributed by atoms with Crippen molar-refractivity contribution in [2.75, 3.05) is 13.6 Å². The molecule has 2 atom stereocenters. The van der Waals surface area contributed by atoms with Gasteiger partial charge in [0.05, 0.1) is 0 Å². The smallest absolute Gasteiger partial charge is 0.00111 e. The Morgan fingerprint density at radius 3 is 2.67 bits per heavy atom. The Hall–Kier alpha value is 0.390. The molecule has 0 aliphatic rings. The molecule has 0 aromatic rings. The second-order valence-electron chi connectivity index (χ2n) is 2.46. The Kier molecular flexibility index (Phi) is 6.79. The van der Waals surface area contributed by atoms with Crippen LogP contribution < -0.4 is 5.32 Å². The SMILES string of the molecule is CCCCC(P)CNC. The van der Waals surface area contributed by atoms with Crippen LogP contribution in [0.2, 0.25) is 0 Å². The van der Waals surface area contributed by atoms with Crippen LogP contribution in [0.3, 0.4) is 0 Å². The van der Waals surface area contributed by atoms with Gasteiger partial charge in [-0.3, -0.25) is 0 Å². The van der Waals surface area contributed by atoms with Crippen LogP contribution in [-0.2, 0) is 0 Å². The third-order valence-electron chi connectivity index (χ3n) is 1.39. The summed E-state index contributed by atoms with van der Waals surface area (Å²) in [5.41, 5.74) is 0.773. The maximum atomic E-state index is 3.16. The fourth-order valence-corrected chi connectivity index (χ4v) is 1.30. The second-order valence-corrected chi connectivity index (χ2v) is 3.40. The summed E-state index contributed by atoms with van der Waals surface area (Å²) < 4.78 is 0. The van der Waals surface area contributed by atoms with Crippen molar-refractivity contribution in [3.8, 4) is 0 Å². The Morgan fingerprint density at radius 2 is 2.22 bits per heavy atom. The zero-order chi connectivity index (χ0) is 7.11. The quantitative estimate of drug-likeness (QED) is 0.583. The van der Waals surface area contributed by atoms with Crippen molar-refractivity contribution < 1.29 is 0 Å². The maximum absolute atomic E-state index is 3.16. The van der Waals surface area contributed by atoms with Gasteiger partial charge < -0.3 is 5.32 Å². The van der Waals surface area contributed by atoms with Gasteiger partial charge in [-0.2, -0.15) is 0 Å². The summed E-state index contributed by atoms with van der Waals surface area (Å²) in [6.45, 7) is 3.36. The van der Waals surface area contributed by atoms with Crippen LogP contribution in [0.25, 0.3) is 0 Å². The van der Waals surface area contributed by atoms with Gasteiger partial charge in [-0.05, 0) is 19.1 Å². The molecular weight excluding hydrogens is 129 g/mol. The number of nitrogens with one attached hydrogen (secondary N) is 1. The molecule has 0 radical (unpaired) electrons. The Bertz CT molecular complexity index is 56.9. The topological polar surface area (TPSA) is 12.0 Å². The highest BCUT2D eigenvalue weighted by Crippen LogP contribution is 2.07. The lowest BCUT2D eigenvalue weighted by atomic mass is 10.2. The lowest BCUT2D eigenvalue weighted by Gasteiger charge is -2.07. The predicted molar refractivity (Wildman–Crippen MR) is 46.9 cm³/mol. The van der Waals surface area contributed by atoms with Crippen molar-refractivity contribution >= 4 is 9.24 Å². The molecular formula is C7H18NP. The molecule has 56 valence electrons. The van der Waals surface area contributed by atoms with Crippen molar-refractivity contribution in [2.45, 2.75) is 31.8 Å². The molecule has 9 heavy (non-hydrogen) atoms. The normalized spacial score (nSPS) is 13.7. The van der Waals surface area contributed by atoms with Crippen LogP contribution in [0.5, 0.6) is 0 Å². The first-order chi connectivity index (χ1) is 4.31. The summed E-state index contributed by atoms with van der Waals surface area (Å²) in [5.74, 6) is 0. The van der Waals surface area contributed by atoms with Gasteiger partial charge >= 0.3 is 0 Å². The van der Waals surface area contributed by atoms with E-state index in [1.807, 2.05) is 7.05 Å². The molecule has 1 N–H and O–H groups in total. The minimum absolute atomic E-state index is 0.773. The Balaban J connectivity index is 2.95. The molecule has 1 nitrogen and oxygen atoms in total. The largest absolute Gasteiger partial charge is 0.319 e. The highest BCUT2D eigenvalue weighted by Gasteiger charge is 1.97. The minimum atomic E-state index is 0.773. The third-order valence-corrected chi connectivity index (χ3v) is 1.96. The van der Waals surface area contributed by atoms with Crippen molar-refractivity contribution in [3.05, 3.63) is 0 Å². The maximum Gasteiger partial charge on any atom is 0.00111 e. The molecule has 0 amide bonds. The summed E-state index contributed by atoms with van der Waals surface area (Å²) in [7, 11) is 4.87. The monoisotopic (exact) mass is 147 g/mol. The minimum Gasteiger partial charge on any atom is -0.319 e. The van der Waals surface area contributed by atoms with Gasteiger partial charge in [0.1, 0.15) is 0 Å². The molecule has 0 aliphatic carbocycles. The van der Waals surface area contributed by atoms with Gasteiger partial charge in [-0.1, -0.05) is 19.8 Å². The summed E-state index contributed by atoms with van der Waals surface area (Å²) in [6.07, 6.45) is 4.01. The molecule has 0 saturated heterocycles. The second kappa shape index (κ2) is 6.51. The van der Waals surface area contributed by atoms with Gasteiger partial charge in [0.15, 0.2) is 0 Å². The van der Waals surface area contributed by atoms with Crippen molar-refractivity contribution in [1.29, 1.82) is 0 Å². The van der Waals surface area contributed by atoms with Crippen molar-refractivity contribution in [1.82, 2.24) is 5.32 Å².